The second-order valence-electron chi connectivity index (χ2n) is 8.21. The molecule has 3 rings (SSSR count). The van der Waals surface area contributed by atoms with Crippen LogP contribution in [0.2, 0.25) is 0 Å². The van der Waals surface area contributed by atoms with Gasteiger partial charge in [-0.05, 0) is 60.5 Å². The number of allylic oxidation sites excluding steroid dienone is 2. The molecule has 0 fully saturated rings. The van der Waals surface area contributed by atoms with Crippen LogP contribution in [-0.2, 0) is 23.6 Å². The first-order chi connectivity index (χ1) is 16.2. The molecule has 0 aliphatic heterocycles. The molecule has 0 atom stereocenters. The maximum atomic E-state index is 13.8. The highest BCUT2D eigenvalue weighted by Gasteiger charge is 2.28. The van der Waals surface area contributed by atoms with Gasteiger partial charge in [0, 0.05) is 36.1 Å². The average molecular weight is 465 g/mol. The van der Waals surface area contributed by atoms with Crippen LogP contribution in [0.15, 0.2) is 89.6 Å². The predicted octanol–water partition coefficient (Wildman–Crippen LogP) is 6.67. The van der Waals surface area contributed by atoms with Crippen molar-refractivity contribution in [1.29, 1.82) is 0 Å². The Bertz CT molecular complexity index is 1180. The molecule has 0 saturated heterocycles. The van der Waals surface area contributed by atoms with Gasteiger partial charge in [-0.25, -0.2) is 18.2 Å². The standard InChI is InChI=1S/C28H27F3N2O/c1-3-28(30,31)23-10-4-20(5-11-23)17-26(34)18-21-6-14-25(15-7-21)33-27(16-19(2)32)22-8-12-24(29)13-9-22/h4-16H,3,17-18,32H2,1-2H3. The van der Waals surface area contributed by atoms with Gasteiger partial charge in [0.25, 0.3) is 5.92 Å². The van der Waals surface area contributed by atoms with Gasteiger partial charge in [-0.2, -0.15) is 0 Å². The quantitative estimate of drug-likeness (QED) is 0.360. The van der Waals surface area contributed by atoms with Crippen molar-refractivity contribution in [3.05, 3.63) is 113 Å². The summed E-state index contributed by atoms with van der Waals surface area (Å²) in [5.74, 6) is -3.21. The molecule has 3 nitrogen and oxygen atoms in total. The van der Waals surface area contributed by atoms with E-state index in [1.54, 1.807) is 49.4 Å². The number of aliphatic imine (C=N–C) groups is 1. The number of halogens is 3. The lowest BCUT2D eigenvalue weighted by atomic mass is 9.99. The summed E-state index contributed by atoms with van der Waals surface area (Å²) in [4.78, 5) is 17.1. The largest absolute Gasteiger partial charge is 0.402 e. The van der Waals surface area contributed by atoms with Crippen LogP contribution in [0.1, 0.15) is 42.5 Å². The zero-order valence-corrected chi connectivity index (χ0v) is 19.2. The van der Waals surface area contributed by atoms with Crippen molar-refractivity contribution < 1.29 is 18.0 Å². The highest BCUT2D eigenvalue weighted by Crippen LogP contribution is 2.31. The fourth-order valence-corrected chi connectivity index (χ4v) is 3.43. The number of hydrogen-bond donors (Lipinski definition) is 1. The molecule has 6 heteroatoms. The molecule has 176 valence electrons. The van der Waals surface area contributed by atoms with Crippen LogP contribution in [0.4, 0.5) is 18.9 Å². The molecule has 0 radical (unpaired) electrons. The van der Waals surface area contributed by atoms with E-state index in [9.17, 15) is 18.0 Å². The maximum absolute atomic E-state index is 13.8. The fraction of sp³-hybridized carbons (Fsp3) is 0.214. The normalized spacial score (nSPS) is 12.6. The van der Waals surface area contributed by atoms with E-state index in [2.05, 4.69) is 4.99 Å². The number of ketones is 1. The first-order valence-electron chi connectivity index (χ1n) is 11.0. The number of carbonyl (C=O) groups is 1. The molecular formula is C28H27F3N2O. The number of hydrogen-bond acceptors (Lipinski definition) is 3. The second kappa shape index (κ2) is 11.0. The molecule has 3 aromatic rings. The van der Waals surface area contributed by atoms with Gasteiger partial charge >= 0.3 is 0 Å². The van der Waals surface area contributed by atoms with Crippen molar-refractivity contribution in [1.82, 2.24) is 0 Å². The third kappa shape index (κ3) is 6.91. The average Bonchev–Trinajstić information content (AvgIpc) is 2.80. The van der Waals surface area contributed by atoms with E-state index in [1.807, 2.05) is 12.1 Å². The van der Waals surface area contributed by atoms with Gasteiger partial charge in [-0.1, -0.05) is 43.3 Å². The highest BCUT2D eigenvalue weighted by molar-refractivity contribution is 6.10. The van der Waals surface area contributed by atoms with Crippen LogP contribution in [0, 0.1) is 5.82 Å². The maximum Gasteiger partial charge on any atom is 0.273 e. The van der Waals surface area contributed by atoms with Gasteiger partial charge in [-0.15, -0.1) is 0 Å². The van der Waals surface area contributed by atoms with E-state index in [4.69, 9.17) is 5.73 Å². The Labute approximate surface area is 197 Å². The summed E-state index contributed by atoms with van der Waals surface area (Å²) in [6.45, 7) is 3.18. The summed E-state index contributed by atoms with van der Waals surface area (Å²) >= 11 is 0. The topological polar surface area (TPSA) is 55.5 Å². The molecule has 3 aromatic carbocycles. The minimum Gasteiger partial charge on any atom is -0.402 e. The minimum absolute atomic E-state index is 0.0139. The van der Waals surface area contributed by atoms with Crippen LogP contribution in [0.25, 0.3) is 0 Å². The van der Waals surface area contributed by atoms with Crippen molar-refractivity contribution in [2.45, 2.75) is 39.0 Å². The number of benzene rings is 3. The third-order valence-electron chi connectivity index (χ3n) is 5.31. The molecule has 0 bridgehead atoms. The van der Waals surface area contributed by atoms with Gasteiger partial charge in [0.05, 0.1) is 11.4 Å². The van der Waals surface area contributed by atoms with Crippen molar-refractivity contribution in [3.63, 3.8) is 0 Å². The molecule has 0 aromatic heterocycles. The fourth-order valence-electron chi connectivity index (χ4n) is 3.43. The zero-order chi connectivity index (χ0) is 24.7. The lowest BCUT2D eigenvalue weighted by Gasteiger charge is -2.14. The summed E-state index contributed by atoms with van der Waals surface area (Å²) in [5, 5.41) is 0. The molecule has 0 heterocycles. The van der Waals surface area contributed by atoms with E-state index in [1.165, 1.54) is 31.2 Å². The summed E-state index contributed by atoms with van der Waals surface area (Å²) in [5.41, 5.74) is 9.88. The molecular weight excluding hydrogens is 437 g/mol. The van der Waals surface area contributed by atoms with Gasteiger partial charge in [0.15, 0.2) is 0 Å². The number of nitrogens with zero attached hydrogens (tertiary/aromatic N) is 1. The van der Waals surface area contributed by atoms with Gasteiger partial charge in [0.2, 0.25) is 0 Å². The van der Waals surface area contributed by atoms with Crippen LogP contribution in [-0.4, -0.2) is 11.5 Å². The predicted molar refractivity (Wildman–Crippen MR) is 130 cm³/mol. The Morgan fingerprint density at radius 3 is 1.94 bits per heavy atom. The second-order valence-corrected chi connectivity index (χ2v) is 8.21. The van der Waals surface area contributed by atoms with E-state index in [0.717, 1.165) is 11.1 Å². The molecule has 0 amide bonds. The van der Waals surface area contributed by atoms with Gasteiger partial charge in [0.1, 0.15) is 11.6 Å². The Morgan fingerprint density at radius 1 is 0.912 bits per heavy atom. The number of Topliss-reactive ketones (excluding diaryl/α,β-unsaturated/α-hetero) is 1. The smallest absolute Gasteiger partial charge is 0.273 e. The monoisotopic (exact) mass is 464 g/mol. The number of nitrogens with two attached hydrogens (primary N) is 1. The summed E-state index contributed by atoms with van der Waals surface area (Å²) < 4.78 is 40.8. The Balaban J connectivity index is 1.68. The molecule has 0 saturated carbocycles. The van der Waals surface area contributed by atoms with Crippen molar-refractivity contribution in [2.24, 2.45) is 10.7 Å². The van der Waals surface area contributed by atoms with E-state index < -0.39 is 5.92 Å². The van der Waals surface area contributed by atoms with E-state index in [0.29, 0.717) is 22.7 Å². The molecule has 0 aliphatic carbocycles. The lowest BCUT2D eigenvalue weighted by molar-refractivity contribution is -0.117. The molecule has 0 unspecified atom stereocenters. The first kappa shape index (κ1) is 25.0. The first-order valence-corrected chi connectivity index (χ1v) is 11.0. The Hall–Kier alpha value is -3.67. The summed E-state index contributed by atoms with van der Waals surface area (Å²) in [7, 11) is 0. The van der Waals surface area contributed by atoms with Gasteiger partial charge < -0.3 is 5.73 Å². The third-order valence-corrected chi connectivity index (χ3v) is 5.31. The number of rotatable bonds is 9. The minimum atomic E-state index is -2.86. The molecule has 0 spiro atoms. The van der Waals surface area contributed by atoms with E-state index in [-0.39, 0.29) is 36.4 Å². The molecule has 2 N–H and O–H groups in total. The number of alkyl halides is 2. The Morgan fingerprint density at radius 2 is 1.44 bits per heavy atom. The molecule has 34 heavy (non-hydrogen) atoms. The van der Waals surface area contributed by atoms with Crippen molar-refractivity contribution in [2.75, 3.05) is 0 Å². The van der Waals surface area contributed by atoms with Crippen molar-refractivity contribution in [3.8, 4) is 0 Å². The highest BCUT2D eigenvalue weighted by atomic mass is 19.3. The van der Waals surface area contributed by atoms with E-state index >= 15 is 0 Å². The van der Waals surface area contributed by atoms with Crippen LogP contribution < -0.4 is 5.73 Å². The zero-order valence-electron chi connectivity index (χ0n) is 19.2. The summed E-state index contributed by atoms with van der Waals surface area (Å²) in [6.07, 6.45) is 1.85. The summed E-state index contributed by atoms with van der Waals surface area (Å²) in [6, 6.07) is 19.2. The Kier molecular flexibility index (Phi) is 8.05. The SMILES string of the molecule is CCC(F)(F)c1ccc(CC(=O)Cc2ccc(N=C(C=C(C)N)c3ccc(F)cc3)cc2)cc1. The number of carbonyl (C=O) groups excluding carboxylic acids is 1. The van der Waals surface area contributed by atoms with Crippen LogP contribution in [0.3, 0.4) is 0 Å². The molecule has 0 aliphatic rings. The van der Waals surface area contributed by atoms with Crippen LogP contribution >= 0.6 is 0 Å². The van der Waals surface area contributed by atoms with Crippen molar-refractivity contribution >= 4 is 17.2 Å². The van der Waals surface area contributed by atoms with Crippen LogP contribution in [0.5, 0.6) is 0 Å². The lowest BCUT2D eigenvalue weighted by Crippen LogP contribution is -2.12. The van der Waals surface area contributed by atoms with Gasteiger partial charge in [-0.3, -0.25) is 4.79 Å².